The second-order valence-electron chi connectivity index (χ2n) is 4.99. The molecule has 0 unspecified atom stereocenters. The molecular formula is C13H15ClF3NO. The van der Waals surface area contributed by atoms with E-state index >= 15 is 0 Å². The monoisotopic (exact) mass is 293 g/mol. The zero-order chi connectivity index (χ0) is 12.9. The van der Waals surface area contributed by atoms with E-state index in [9.17, 15) is 13.2 Å². The highest BCUT2D eigenvalue weighted by atomic mass is 35.5. The fourth-order valence-electron chi connectivity index (χ4n) is 2.92. The summed E-state index contributed by atoms with van der Waals surface area (Å²) >= 11 is 0. The van der Waals surface area contributed by atoms with Gasteiger partial charge in [-0.2, -0.15) is 13.2 Å². The quantitative estimate of drug-likeness (QED) is 0.794. The van der Waals surface area contributed by atoms with E-state index in [0.717, 1.165) is 12.1 Å². The fourth-order valence-corrected chi connectivity index (χ4v) is 2.92. The van der Waals surface area contributed by atoms with Gasteiger partial charge in [-0.3, -0.25) is 0 Å². The summed E-state index contributed by atoms with van der Waals surface area (Å²) in [6.45, 7) is 3.19. The molecule has 3 rings (SSSR count). The first-order valence-corrected chi connectivity index (χ1v) is 6.00. The van der Waals surface area contributed by atoms with Gasteiger partial charge in [0.1, 0.15) is 0 Å². The number of fused-ring (bicyclic) bond motifs is 3. The Morgan fingerprint density at radius 2 is 2.00 bits per heavy atom. The van der Waals surface area contributed by atoms with Crippen LogP contribution in [0.25, 0.3) is 0 Å². The third-order valence-electron chi connectivity index (χ3n) is 3.73. The highest BCUT2D eigenvalue weighted by molar-refractivity contribution is 5.85. The van der Waals surface area contributed by atoms with Crippen LogP contribution in [0.2, 0.25) is 0 Å². The molecule has 1 aromatic rings. The molecule has 2 atom stereocenters. The summed E-state index contributed by atoms with van der Waals surface area (Å²) in [5.41, 5.74) is 1.25. The summed E-state index contributed by atoms with van der Waals surface area (Å²) < 4.78 is 44.6. The van der Waals surface area contributed by atoms with Crippen molar-refractivity contribution in [2.24, 2.45) is 0 Å². The van der Waals surface area contributed by atoms with Crippen LogP contribution in [-0.2, 0) is 17.5 Å². The molecule has 0 bridgehead atoms. The van der Waals surface area contributed by atoms with Crippen molar-refractivity contribution < 1.29 is 17.9 Å². The Kier molecular flexibility index (Phi) is 3.82. The van der Waals surface area contributed by atoms with Gasteiger partial charge in [0.05, 0.1) is 18.3 Å². The average Bonchev–Trinajstić information content (AvgIpc) is 2.74. The van der Waals surface area contributed by atoms with Crippen LogP contribution in [0, 0.1) is 6.92 Å². The predicted molar refractivity (Wildman–Crippen MR) is 67.6 cm³/mol. The first-order chi connectivity index (χ1) is 8.47. The molecule has 2 nitrogen and oxygen atoms in total. The van der Waals surface area contributed by atoms with Crippen LogP contribution in [0.15, 0.2) is 12.1 Å². The molecule has 19 heavy (non-hydrogen) atoms. The van der Waals surface area contributed by atoms with E-state index in [0.29, 0.717) is 17.7 Å². The second-order valence-corrected chi connectivity index (χ2v) is 4.99. The van der Waals surface area contributed by atoms with E-state index < -0.39 is 11.7 Å². The number of alkyl halides is 3. The van der Waals surface area contributed by atoms with Crippen molar-refractivity contribution in [2.75, 3.05) is 13.1 Å². The first kappa shape index (κ1) is 14.6. The van der Waals surface area contributed by atoms with Gasteiger partial charge in [-0.25, -0.2) is 0 Å². The molecule has 0 amide bonds. The second kappa shape index (κ2) is 4.96. The van der Waals surface area contributed by atoms with Crippen molar-refractivity contribution in [3.05, 3.63) is 34.4 Å². The lowest BCUT2D eigenvalue weighted by Crippen LogP contribution is -2.29. The molecule has 0 saturated carbocycles. The molecular weight excluding hydrogens is 279 g/mol. The largest absolute Gasteiger partial charge is 0.416 e. The highest BCUT2D eigenvalue weighted by Gasteiger charge is 2.40. The summed E-state index contributed by atoms with van der Waals surface area (Å²) in [6.07, 6.45) is -4.29. The molecule has 1 aromatic carbocycles. The zero-order valence-corrected chi connectivity index (χ0v) is 11.2. The molecule has 2 heterocycles. The van der Waals surface area contributed by atoms with E-state index in [1.165, 1.54) is 6.07 Å². The molecule has 2 aliphatic heterocycles. The van der Waals surface area contributed by atoms with Crippen LogP contribution >= 0.6 is 12.4 Å². The zero-order valence-electron chi connectivity index (χ0n) is 10.4. The summed E-state index contributed by atoms with van der Waals surface area (Å²) in [5.74, 6) is 0.0507. The SMILES string of the molecule is Cc1cc2c(c(C(F)(F)F)c1)CO[C@@H]1CNC[C@H]21.Cl. The van der Waals surface area contributed by atoms with Crippen LogP contribution < -0.4 is 5.32 Å². The van der Waals surface area contributed by atoms with Crippen molar-refractivity contribution in [3.8, 4) is 0 Å². The fraction of sp³-hybridized carbons (Fsp3) is 0.538. The average molecular weight is 294 g/mol. The van der Waals surface area contributed by atoms with Crippen molar-refractivity contribution in [1.29, 1.82) is 0 Å². The van der Waals surface area contributed by atoms with Crippen LogP contribution in [0.4, 0.5) is 13.2 Å². The third-order valence-corrected chi connectivity index (χ3v) is 3.73. The number of aryl methyl sites for hydroxylation is 1. The lowest BCUT2D eigenvalue weighted by molar-refractivity contribution is -0.139. The molecule has 0 spiro atoms. The predicted octanol–water partition coefficient (Wildman–Crippen LogP) is 3.02. The van der Waals surface area contributed by atoms with Gasteiger partial charge >= 0.3 is 6.18 Å². The topological polar surface area (TPSA) is 21.3 Å². The smallest absolute Gasteiger partial charge is 0.372 e. The first-order valence-electron chi connectivity index (χ1n) is 6.00. The molecule has 2 aliphatic rings. The molecule has 1 fully saturated rings. The van der Waals surface area contributed by atoms with Crippen LogP contribution in [0.3, 0.4) is 0 Å². The Balaban J connectivity index is 0.00000133. The normalized spacial score (nSPS) is 25.5. The van der Waals surface area contributed by atoms with Gasteiger partial charge in [0.2, 0.25) is 0 Å². The van der Waals surface area contributed by atoms with E-state index in [-0.39, 0.29) is 31.0 Å². The van der Waals surface area contributed by atoms with Crippen LogP contribution in [0.5, 0.6) is 0 Å². The molecule has 1 N–H and O–H groups in total. The summed E-state index contributed by atoms with van der Waals surface area (Å²) in [4.78, 5) is 0. The minimum absolute atomic E-state index is 0. The van der Waals surface area contributed by atoms with E-state index in [1.54, 1.807) is 6.92 Å². The van der Waals surface area contributed by atoms with Gasteiger partial charge in [-0.1, -0.05) is 11.6 Å². The molecule has 0 radical (unpaired) electrons. The van der Waals surface area contributed by atoms with E-state index in [2.05, 4.69) is 5.32 Å². The number of benzene rings is 1. The summed E-state index contributed by atoms with van der Waals surface area (Å²) in [6, 6.07) is 3.09. The molecule has 6 heteroatoms. The number of ether oxygens (including phenoxy) is 1. The number of rotatable bonds is 0. The van der Waals surface area contributed by atoms with Crippen molar-refractivity contribution >= 4 is 12.4 Å². The number of nitrogens with one attached hydrogen (secondary N) is 1. The maximum atomic E-state index is 13.0. The van der Waals surface area contributed by atoms with Crippen molar-refractivity contribution in [1.82, 2.24) is 5.32 Å². The van der Waals surface area contributed by atoms with E-state index in [4.69, 9.17) is 4.74 Å². The van der Waals surface area contributed by atoms with E-state index in [1.807, 2.05) is 6.07 Å². The Hall–Kier alpha value is -0.780. The third kappa shape index (κ3) is 2.47. The Labute approximate surface area is 115 Å². The maximum absolute atomic E-state index is 13.0. The maximum Gasteiger partial charge on any atom is 0.416 e. The minimum atomic E-state index is -4.31. The van der Waals surface area contributed by atoms with Gasteiger partial charge in [0.25, 0.3) is 0 Å². The Morgan fingerprint density at radius 3 is 2.68 bits per heavy atom. The lowest BCUT2D eigenvalue weighted by Gasteiger charge is -2.30. The van der Waals surface area contributed by atoms with Crippen molar-refractivity contribution in [3.63, 3.8) is 0 Å². The highest BCUT2D eigenvalue weighted by Crippen LogP contribution is 2.41. The van der Waals surface area contributed by atoms with Gasteiger partial charge < -0.3 is 10.1 Å². The van der Waals surface area contributed by atoms with Gasteiger partial charge in [0, 0.05) is 19.0 Å². The van der Waals surface area contributed by atoms with Crippen LogP contribution in [-0.4, -0.2) is 19.2 Å². The number of halogens is 4. The standard InChI is InChI=1S/C13H14F3NO.ClH/c1-7-2-8-9-4-17-5-12(9)18-6-10(8)11(3-7)13(14,15)16;/h2-3,9,12,17H,4-6H2,1H3;1H/t9-,12-;/m1./s1. The minimum Gasteiger partial charge on any atom is -0.372 e. The lowest BCUT2D eigenvalue weighted by atomic mass is 9.85. The molecule has 0 aromatic heterocycles. The molecule has 106 valence electrons. The van der Waals surface area contributed by atoms with Gasteiger partial charge in [-0.15, -0.1) is 12.4 Å². The van der Waals surface area contributed by atoms with Gasteiger partial charge in [0.15, 0.2) is 0 Å². The Morgan fingerprint density at radius 1 is 1.26 bits per heavy atom. The van der Waals surface area contributed by atoms with Crippen LogP contribution in [0.1, 0.15) is 28.2 Å². The summed E-state index contributed by atoms with van der Waals surface area (Å²) in [7, 11) is 0. The number of hydrogen-bond donors (Lipinski definition) is 1. The number of hydrogen-bond acceptors (Lipinski definition) is 2. The van der Waals surface area contributed by atoms with Crippen molar-refractivity contribution in [2.45, 2.75) is 31.7 Å². The molecule has 1 saturated heterocycles. The summed E-state index contributed by atoms with van der Waals surface area (Å²) in [5, 5.41) is 3.18. The molecule has 0 aliphatic carbocycles. The Bertz CT molecular complexity index is 490. The van der Waals surface area contributed by atoms with Gasteiger partial charge in [-0.05, 0) is 24.1 Å².